The Morgan fingerprint density at radius 1 is 1.09 bits per heavy atom. The van der Waals surface area contributed by atoms with Crippen LogP contribution in [0.4, 0.5) is 0 Å². The maximum absolute atomic E-state index is 12.8. The van der Waals surface area contributed by atoms with Crippen LogP contribution in [0.15, 0.2) is 59.9 Å². The van der Waals surface area contributed by atoms with Crippen molar-refractivity contribution in [3.63, 3.8) is 0 Å². The normalized spacial score (nSPS) is 26.2. The van der Waals surface area contributed by atoms with E-state index < -0.39 is 0 Å². The van der Waals surface area contributed by atoms with Crippen LogP contribution in [-0.4, -0.2) is 52.1 Å². The molecule has 0 spiro atoms. The zero-order valence-corrected chi connectivity index (χ0v) is 18.1. The molecular weight excluding hydrogens is 404 g/mol. The van der Waals surface area contributed by atoms with Gasteiger partial charge in [-0.25, -0.2) is 9.67 Å². The van der Waals surface area contributed by atoms with Crippen LogP contribution in [0, 0.1) is 23.7 Å². The number of rotatable bonds is 7. The van der Waals surface area contributed by atoms with Crippen LogP contribution >= 0.6 is 0 Å². The van der Waals surface area contributed by atoms with Gasteiger partial charge in [-0.05, 0) is 48.9 Å². The van der Waals surface area contributed by atoms with Crippen molar-refractivity contribution in [1.82, 2.24) is 25.3 Å². The molecule has 4 unspecified atom stereocenters. The molecule has 1 aliphatic heterocycles. The second kappa shape index (κ2) is 8.61. The molecule has 1 aromatic carbocycles. The number of fused-ring (bicyclic) bond motifs is 5. The fourth-order valence-electron chi connectivity index (χ4n) is 5.16. The maximum Gasteiger partial charge on any atom is 0.233 e. The summed E-state index contributed by atoms with van der Waals surface area (Å²) in [4.78, 5) is 31.7. The lowest BCUT2D eigenvalue weighted by Gasteiger charge is -2.18. The van der Waals surface area contributed by atoms with E-state index >= 15 is 0 Å². The number of amides is 2. The summed E-state index contributed by atoms with van der Waals surface area (Å²) >= 11 is 0. The lowest BCUT2D eigenvalue weighted by Crippen LogP contribution is -2.43. The molecule has 1 saturated carbocycles. The Balaban J connectivity index is 1.16. The highest BCUT2D eigenvalue weighted by molar-refractivity contribution is 6.06. The topological polar surface area (TPSA) is 91.6 Å². The van der Waals surface area contributed by atoms with Gasteiger partial charge >= 0.3 is 0 Å². The van der Waals surface area contributed by atoms with Crippen LogP contribution in [0.1, 0.15) is 18.9 Å². The summed E-state index contributed by atoms with van der Waals surface area (Å²) in [6, 6.07) is 9.99. The number of allylic oxidation sites excluding steroid dienone is 2. The molecule has 3 aliphatic rings. The van der Waals surface area contributed by atoms with Crippen LogP contribution in [0.25, 0.3) is 5.69 Å². The number of nitrogens with zero attached hydrogens (tertiary/aromatic N) is 4. The molecule has 0 radical (unpaired) electrons. The van der Waals surface area contributed by atoms with E-state index in [1.807, 2.05) is 48.1 Å². The van der Waals surface area contributed by atoms with Crippen molar-refractivity contribution >= 4 is 17.8 Å². The Kier molecular flexibility index (Phi) is 5.51. The van der Waals surface area contributed by atoms with Gasteiger partial charge in [0.15, 0.2) is 5.96 Å². The predicted molar refractivity (Wildman–Crippen MR) is 121 cm³/mol. The Bertz CT molecular complexity index is 1010. The molecule has 1 saturated heterocycles. The molecule has 2 amide bonds. The maximum atomic E-state index is 12.8. The molecule has 2 N–H and O–H groups in total. The minimum absolute atomic E-state index is 0.00198. The molecule has 2 aliphatic carbocycles. The van der Waals surface area contributed by atoms with Gasteiger partial charge < -0.3 is 10.6 Å². The molecule has 2 bridgehead atoms. The number of hydrogen-bond acceptors (Lipinski definition) is 4. The lowest BCUT2D eigenvalue weighted by molar-refractivity contribution is -0.140. The van der Waals surface area contributed by atoms with Gasteiger partial charge in [-0.2, -0.15) is 5.10 Å². The van der Waals surface area contributed by atoms with Gasteiger partial charge in [0.05, 0.1) is 24.1 Å². The first-order valence-corrected chi connectivity index (χ1v) is 11.3. The van der Waals surface area contributed by atoms with Gasteiger partial charge in [0.25, 0.3) is 0 Å². The number of likely N-dealkylation sites (tertiary alicyclic amines) is 1. The number of hydrogen-bond donors (Lipinski definition) is 2. The SMILES string of the molecule is CCNC(=NCc1ccc(-n2cccn2)cc1)NCCN1C(=O)C2C3C=CC(C3)C2C1=O. The fraction of sp³-hybridized carbons (Fsp3) is 0.417. The average molecular weight is 433 g/mol. The summed E-state index contributed by atoms with van der Waals surface area (Å²) in [5.41, 5.74) is 2.08. The number of benzene rings is 1. The predicted octanol–water partition coefficient (Wildman–Crippen LogP) is 1.73. The van der Waals surface area contributed by atoms with Gasteiger partial charge in [-0.3, -0.25) is 14.5 Å². The molecular formula is C24H28N6O2. The Morgan fingerprint density at radius 3 is 2.44 bits per heavy atom. The van der Waals surface area contributed by atoms with Gasteiger partial charge in [-0.1, -0.05) is 24.3 Å². The molecule has 1 aromatic heterocycles. The number of imide groups is 1. The average Bonchev–Trinajstić information content (AvgIpc) is 3.59. The smallest absolute Gasteiger partial charge is 0.233 e. The van der Waals surface area contributed by atoms with E-state index in [-0.39, 0.29) is 35.5 Å². The second-order valence-corrected chi connectivity index (χ2v) is 8.57. The van der Waals surface area contributed by atoms with Crippen LogP contribution < -0.4 is 10.6 Å². The van der Waals surface area contributed by atoms with Gasteiger partial charge in [-0.15, -0.1) is 0 Å². The number of carbonyl (C=O) groups excluding carboxylic acids is 2. The van der Waals surface area contributed by atoms with Crippen molar-refractivity contribution in [3.8, 4) is 5.69 Å². The molecule has 2 aromatic rings. The van der Waals surface area contributed by atoms with E-state index in [1.54, 1.807) is 6.20 Å². The van der Waals surface area contributed by atoms with Crippen molar-refractivity contribution in [2.75, 3.05) is 19.6 Å². The lowest BCUT2D eigenvalue weighted by atomic mass is 9.85. The molecule has 2 heterocycles. The fourth-order valence-corrected chi connectivity index (χ4v) is 5.16. The van der Waals surface area contributed by atoms with Crippen molar-refractivity contribution in [1.29, 1.82) is 0 Å². The highest BCUT2D eigenvalue weighted by Crippen LogP contribution is 2.52. The zero-order valence-electron chi connectivity index (χ0n) is 18.1. The standard InChI is InChI=1S/C24H28N6O2/c1-2-25-24(27-15-16-4-8-19(9-5-16)30-12-3-10-28-30)26-11-13-29-22(31)20-17-6-7-18(14-17)21(20)23(29)32/h3-10,12,17-18,20-21H,2,11,13-15H2,1H3,(H2,25,26,27). The monoisotopic (exact) mass is 432 g/mol. The van der Waals surface area contributed by atoms with E-state index in [2.05, 4.69) is 32.9 Å². The first-order chi connectivity index (χ1) is 15.7. The zero-order chi connectivity index (χ0) is 22.1. The summed E-state index contributed by atoms with van der Waals surface area (Å²) in [6.07, 6.45) is 8.86. The van der Waals surface area contributed by atoms with Crippen molar-refractivity contribution in [2.45, 2.75) is 19.9 Å². The summed E-state index contributed by atoms with van der Waals surface area (Å²) in [6.45, 7) is 4.10. The summed E-state index contributed by atoms with van der Waals surface area (Å²) in [5.74, 6) is 0.893. The summed E-state index contributed by atoms with van der Waals surface area (Å²) in [7, 11) is 0. The highest BCUT2D eigenvalue weighted by atomic mass is 16.2. The van der Waals surface area contributed by atoms with E-state index in [0.717, 1.165) is 24.2 Å². The molecule has 166 valence electrons. The molecule has 8 nitrogen and oxygen atoms in total. The minimum Gasteiger partial charge on any atom is -0.357 e. The summed E-state index contributed by atoms with van der Waals surface area (Å²) < 4.78 is 1.81. The van der Waals surface area contributed by atoms with Crippen LogP contribution in [0.5, 0.6) is 0 Å². The summed E-state index contributed by atoms with van der Waals surface area (Å²) in [5, 5.41) is 10.7. The number of nitrogens with one attached hydrogen (secondary N) is 2. The van der Waals surface area contributed by atoms with Gasteiger partial charge in [0.1, 0.15) is 0 Å². The molecule has 5 rings (SSSR count). The first-order valence-electron chi connectivity index (χ1n) is 11.3. The van der Waals surface area contributed by atoms with E-state index in [0.29, 0.717) is 25.6 Å². The van der Waals surface area contributed by atoms with Crippen LogP contribution in [0.2, 0.25) is 0 Å². The Labute approximate surface area is 187 Å². The van der Waals surface area contributed by atoms with Crippen LogP contribution in [0.3, 0.4) is 0 Å². The molecule has 2 fully saturated rings. The molecule has 32 heavy (non-hydrogen) atoms. The largest absolute Gasteiger partial charge is 0.357 e. The van der Waals surface area contributed by atoms with Crippen LogP contribution in [-0.2, 0) is 16.1 Å². The number of carbonyl (C=O) groups is 2. The van der Waals surface area contributed by atoms with E-state index in [9.17, 15) is 9.59 Å². The third-order valence-electron chi connectivity index (χ3n) is 6.66. The molecule has 4 atom stereocenters. The third-order valence-corrected chi connectivity index (χ3v) is 6.66. The Hall–Kier alpha value is -3.42. The highest BCUT2D eigenvalue weighted by Gasteiger charge is 2.58. The number of guanidine groups is 1. The van der Waals surface area contributed by atoms with Gasteiger partial charge in [0.2, 0.25) is 11.8 Å². The van der Waals surface area contributed by atoms with Crippen molar-refractivity contribution in [2.24, 2.45) is 28.7 Å². The van der Waals surface area contributed by atoms with Crippen molar-refractivity contribution < 1.29 is 9.59 Å². The quantitative estimate of drug-likeness (QED) is 0.301. The number of aliphatic imine (C=N–C) groups is 1. The van der Waals surface area contributed by atoms with Gasteiger partial charge in [0, 0.05) is 32.0 Å². The Morgan fingerprint density at radius 2 is 1.81 bits per heavy atom. The van der Waals surface area contributed by atoms with E-state index in [1.165, 1.54) is 4.90 Å². The second-order valence-electron chi connectivity index (χ2n) is 8.57. The first kappa shape index (κ1) is 20.5. The minimum atomic E-state index is -0.135. The van der Waals surface area contributed by atoms with Crippen molar-refractivity contribution in [3.05, 3.63) is 60.4 Å². The molecule has 8 heteroatoms. The third kappa shape index (κ3) is 3.70. The van der Waals surface area contributed by atoms with E-state index in [4.69, 9.17) is 0 Å². The number of aromatic nitrogens is 2.